The first kappa shape index (κ1) is 22.1. The molecule has 2 heterocycles. The first-order valence-electron chi connectivity index (χ1n) is 11.3. The lowest BCUT2D eigenvalue weighted by Gasteiger charge is -2.45. The largest absolute Gasteiger partial charge is 0.465 e. The molecule has 1 atom stereocenters. The molecule has 2 saturated heterocycles. The summed E-state index contributed by atoms with van der Waals surface area (Å²) in [5.41, 5.74) is 1.14. The molecule has 0 aromatic heterocycles. The SMILES string of the molecule is COC(=O)c1ccccc1OC(=O)[C@H](CC(=O)N1CC2CCC1CC2)Cc1ccccc1. The number of para-hydroxylation sites is 1. The number of rotatable bonds is 7. The van der Waals surface area contributed by atoms with E-state index in [0.717, 1.165) is 24.9 Å². The molecule has 2 bridgehead atoms. The monoisotopic (exact) mass is 435 g/mol. The molecule has 3 fully saturated rings. The van der Waals surface area contributed by atoms with Crippen LogP contribution in [0.5, 0.6) is 5.75 Å². The zero-order valence-corrected chi connectivity index (χ0v) is 18.4. The molecule has 32 heavy (non-hydrogen) atoms. The van der Waals surface area contributed by atoms with Crippen molar-refractivity contribution in [2.24, 2.45) is 11.8 Å². The van der Waals surface area contributed by atoms with E-state index in [9.17, 15) is 14.4 Å². The van der Waals surface area contributed by atoms with Gasteiger partial charge in [-0.15, -0.1) is 0 Å². The minimum atomic E-state index is -0.643. The predicted molar refractivity (Wildman–Crippen MR) is 119 cm³/mol. The summed E-state index contributed by atoms with van der Waals surface area (Å²) in [4.78, 5) is 40.5. The van der Waals surface area contributed by atoms with Gasteiger partial charge < -0.3 is 14.4 Å². The Morgan fingerprint density at radius 1 is 0.969 bits per heavy atom. The molecule has 2 aromatic rings. The van der Waals surface area contributed by atoms with Gasteiger partial charge >= 0.3 is 11.9 Å². The Morgan fingerprint density at radius 2 is 1.66 bits per heavy atom. The second-order valence-corrected chi connectivity index (χ2v) is 8.72. The van der Waals surface area contributed by atoms with Crippen molar-refractivity contribution in [1.82, 2.24) is 4.90 Å². The molecule has 2 aliphatic heterocycles. The molecule has 0 radical (unpaired) electrons. The van der Waals surface area contributed by atoms with E-state index in [1.807, 2.05) is 35.2 Å². The summed E-state index contributed by atoms with van der Waals surface area (Å²) >= 11 is 0. The van der Waals surface area contributed by atoms with E-state index in [1.165, 1.54) is 20.0 Å². The fourth-order valence-electron chi connectivity index (χ4n) is 4.86. The lowest BCUT2D eigenvalue weighted by atomic mass is 9.79. The van der Waals surface area contributed by atoms with Gasteiger partial charge in [0, 0.05) is 19.0 Å². The lowest BCUT2D eigenvalue weighted by molar-refractivity contribution is -0.147. The van der Waals surface area contributed by atoms with E-state index in [1.54, 1.807) is 24.3 Å². The van der Waals surface area contributed by atoms with Crippen molar-refractivity contribution < 1.29 is 23.9 Å². The molecular weight excluding hydrogens is 406 g/mol. The molecule has 0 spiro atoms. The van der Waals surface area contributed by atoms with Crippen LogP contribution in [0.1, 0.15) is 48.0 Å². The van der Waals surface area contributed by atoms with E-state index >= 15 is 0 Å². The van der Waals surface area contributed by atoms with Crippen LogP contribution in [0.15, 0.2) is 54.6 Å². The van der Waals surface area contributed by atoms with Crippen LogP contribution in [0, 0.1) is 11.8 Å². The van der Waals surface area contributed by atoms with E-state index in [4.69, 9.17) is 9.47 Å². The maximum absolute atomic E-state index is 13.2. The summed E-state index contributed by atoms with van der Waals surface area (Å²) in [6, 6.07) is 16.4. The standard InChI is InChI=1S/C26H29NO5/c1-31-26(30)22-9-5-6-10-23(22)32-25(29)20(15-18-7-3-2-4-8-18)16-24(28)27-17-19-11-13-21(27)14-12-19/h2-10,19-21H,11-17H2,1H3/t19?,20-,21?/m0/s1. The van der Waals surface area contributed by atoms with Crippen LogP contribution >= 0.6 is 0 Å². The van der Waals surface area contributed by atoms with Gasteiger partial charge in [-0.2, -0.15) is 0 Å². The highest BCUT2D eigenvalue weighted by Crippen LogP contribution is 2.35. The second kappa shape index (κ2) is 9.98. The normalized spacial score (nSPS) is 20.5. The molecule has 3 aliphatic rings. The number of esters is 2. The molecule has 1 saturated carbocycles. The zero-order valence-electron chi connectivity index (χ0n) is 18.4. The highest BCUT2D eigenvalue weighted by atomic mass is 16.5. The smallest absolute Gasteiger partial charge is 0.341 e. The number of benzene rings is 2. The number of carbonyl (C=O) groups excluding carboxylic acids is 3. The first-order valence-corrected chi connectivity index (χ1v) is 11.3. The fraction of sp³-hybridized carbons (Fsp3) is 0.423. The summed E-state index contributed by atoms with van der Waals surface area (Å²) in [6.07, 6.45) is 4.97. The topological polar surface area (TPSA) is 72.9 Å². The van der Waals surface area contributed by atoms with Gasteiger partial charge in [-0.1, -0.05) is 42.5 Å². The van der Waals surface area contributed by atoms with Crippen LogP contribution < -0.4 is 4.74 Å². The van der Waals surface area contributed by atoms with Crippen molar-refractivity contribution in [2.75, 3.05) is 13.7 Å². The number of methoxy groups -OCH3 is 1. The number of carbonyl (C=O) groups is 3. The molecule has 1 amide bonds. The number of hydrogen-bond acceptors (Lipinski definition) is 5. The third kappa shape index (κ3) is 5.01. The Labute approximate surface area is 188 Å². The van der Waals surface area contributed by atoms with Crippen LogP contribution in [0.25, 0.3) is 0 Å². The Hall–Kier alpha value is -3.15. The summed E-state index contributed by atoms with van der Waals surface area (Å²) in [5, 5.41) is 0. The number of amides is 1. The van der Waals surface area contributed by atoms with Crippen LogP contribution in [0.4, 0.5) is 0 Å². The maximum Gasteiger partial charge on any atom is 0.341 e. The highest BCUT2D eigenvalue weighted by molar-refractivity contribution is 5.94. The van der Waals surface area contributed by atoms with Crippen molar-refractivity contribution in [2.45, 2.75) is 44.6 Å². The predicted octanol–water partition coefficient (Wildman–Crippen LogP) is 4.03. The molecule has 1 aliphatic carbocycles. The molecule has 168 valence electrons. The second-order valence-electron chi connectivity index (χ2n) is 8.72. The van der Waals surface area contributed by atoms with Gasteiger partial charge in [0.2, 0.25) is 5.91 Å². The summed E-state index contributed by atoms with van der Waals surface area (Å²) in [5.74, 6) is -0.994. The average Bonchev–Trinajstić information content (AvgIpc) is 2.84. The maximum atomic E-state index is 13.2. The lowest BCUT2D eigenvalue weighted by Crippen LogP contribution is -2.51. The van der Waals surface area contributed by atoms with Gasteiger partial charge in [-0.25, -0.2) is 4.79 Å². The Kier molecular flexibility index (Phi) is 6.88. The van der Waals surface area contributed by atoms with Gasteiger partial charge in [-0.3, -0.25) is 9.59 Å². The Bertz CT molecular complexity index is 965. The van der Waals surface area contributed by atoms with Crippen molar-refractivity contribution in [1.29, 1.82) is 0 Å². The van der Waals surface area contributed by atoms with Gasteiger partial charge in [0.05, 0.1) is 13.0 Å². The number of ether oxygens (including phenoxy) is 2. The molecule has 5 rings (SSSR count). The van der Waals surface area contributed by atoms with Crippen molar-refractivity contribution in [3.05, 3.63) is 65.7 Å². The third-order valence-electron chi connectivity index (χ3n) is 6.61. The Morgan fingerprint density at radius 3 is 2.31 bits per heavy atom. The number of piperidine rings is 2. The molecule has 6 nitrogen and oxygen atoms in total. The highest BCUT2D eigenvalue weighted by Gasteiger charge is 2.38. The van der Waals surface area contributed by atoms with Crippen molar-refractivity contribution in [3.8, 4) is 5.75 Å². The van der Waals surface area contributed by atoms with E-state index in [0.29, 0.717) is 18.4 Å². The van der Waals surface area contributed by atoms with Crippen LogP contribution in [-0.4, -0.2) is 42.4 Å². The van der Waals surface area contributed by atoms with Gasteiger partial charge in [0.15, 0.2) is 0 Å². The molecular formula is C26H29NO5. The van der Waals surface area contributed by atoms with E-state index in [-0.39, 0.29) is 23.6 Å². The minimum Gasteiger partial charge on any atom is -0.465 e. The Balaban J connectivity index is 1.52. The summed E-state index contributed by atoms with van der Waals surface area (Å²) in [6.45, 7) is 0.793. The van der Waals surface area contributed by atoms with Gasteiger partial charge in [-0.05, 0) is 55.7 Å². The van der Waals surface area contributed by atoms with Crippen LogP contribution in [-0.2, 0) is 20.7 Å². The minimum absolute atomic E-state index is 0.0125. The van der Waals surface area contributed by atoms with Crippen molar-refractivity contribution >= 4 is 17.8 Å². The van der Waals surface area contributed by atoms with Gasteiger partial charge in [0.1, 0.15) is 11.3 Å². The van der Waals surface area contributed by atoms with E-state index < -0.39 is 17.9 Å². The molecule has 0 unspecified atom stereocenters. The molecule has 2 aromatic carbocycles. The van der Waals surface area contributed by atoms with Crippen molar-refractivity contribution in [3.63, 3.8) is 0 Å². The molecule has 6 heteroatoms. The first-order chi connectivity index (χ1) is 15.5. The van der Waals surface area contributed by atoms with Gasteiger partial charge in [0.25, 0.3) is 0 Å². The molecule has 0 N–H and O–H groups in total. The summed E-state index contributed by atoms with van der Waals surface area (Å²) in [7, 11) is 1.28. The van der Waals surface area contributed by atoms with Crippen LogP contribution in [0.2, 0.25) is 0 Å². The number of nitrogens with zero attached hydrogens (tertiary/aromatic N) is 1. The number of hydrogen-bond donors (Lipinski definition) is 0. The summed E-state index contributed by atoms with van der Waals surface area (Å²) < 4.78 is 10.4. The average molecular weight is 436 g/mol. The van der Waals surface area contributed by atoms with E-state index in [2.05, 4.69) is 0 Å². The number of fused-ring (bicyclic) bond motifs is 3. The fourth-order valence-corrected chi connectivity index (χ4v) is 4.86. The van der Waals surface area contributed by atoms with Crippen LogP contribution in [0.3, 0.4) is 0 Å². The third-order valence-corrected chi connectivity index (χ3v) is 6.61. The zero-order chi connectivity index (χ0) is 22.5. The quantitative estimate of drug-likeness (QED) is 0.485.